The van der Waals surface area contributed by atoms with Gasteiger partial charge in [-0.1, -0.05) is 0 Å². The van der Waals surface area contributed by atoms with Gasteiger partial charge in [-0.3, -0.25) is 0 Å². The third-order valence-electron chi connectivity index (χ3n) is 0. The van der Waals surface area contributed by atoms with Gasteiger partial charge < -0.3 is 0 Å². The van der Waals surface area contributed by atoms with Crippen LogP contribution in [-0.4, -0.2) is 0 Å². The molecule has 0 aromatic heterocycles. The van der Waals surface area contributed by atoms with Crippen molar-refractivity contribution >= 4 is 0 Å². The molecule has 0 rings (SSSR count). The summed E-state index contributed by atoms with van der Waals surface area (Å²) in [5, 5.41) is 0. The van der Waals surface area contributed by atoms with Crippen molar-refractivity contribution in [2.24, 2.45) is 0 Å². The van der Waals surface area contributed by atoms with Gasteiger partial charge in [-0.15, -0.1) is 0 Å². The Kier molecular flexibility index (Phi) is 994000. The standard InChI is InChI=1S/Cr.6N. The van der Waals surface area contributed by atoms with E-state index in [0.717, 1.165) is 0 Å². The van der Waals surface area contributed by atoms with E-state index in [2.05, 4.69) is 0 Å². The number of hydrogen-bond acceptors (Lipinski definition) is 0. The van der Waals surface area contributed by atoms with Crippen molar-refractivity contribution in [1.82, 2.24) is 36.9 Å². The van der Waals surface area contributed by atoms with Crippen LogP contribution < -0.4 is 36.9 Å². The van der Waals surface area contributed by atoms with Gasteiger partial charge in [0.15, 0.2) is 0 Å². The normalized spacial score (nSPS) is 0. The molecule has 7 heavy (non-hydrogen) atoms. The predicted molar refractivity (Wildman–Crippen MR) is 12.8 cm³/mol. The van der Waals surface area contributed by atoms with E-state index in [1.165, 1.54) is 0 Å². The minimum absolute atomic E-state index is 0. The molecule has 0 aromatic carbocycles. The molecule has 18 radical (unpaired) electrons. The first kappa shape index (κ1) is 3380. The zero-order valence-corrected chi connectivity index (χ0v) is 4.37. The van der Waals surface area contributed by atoms with Crippen molar-refractivity contribution in [2.75, 3.05) is 0 Å². The van der Waals surface area contributed by atoms with Crippen LogP contribution in [0.15, 0.2) is 0 Å². The van der Waals surface area contributed by atoms with Crippen molar-refractivity contribution in [2.45, 2.75) is 0 Å². The second-order valence-corrected chi connectivity index (χ2v) is 0. The second kappa shape index (κ2) is 2060. The van der Waals surface area contributed by atoms with E-state index in [4.69, 9.17) is 0 Å². The topological polar surface area (TPSA) is 183 Å². The predicted octanol–water partition coefficient (Wildman–Crippen LogP) is -2.89. The van der Waals surface area contributed by atoms with Crippen molar-refractivity contribution in [3.05, 3.63) is 0 Å². The summed E-state index contributed by atoms with van der Waals surface area (Å²) in [7, 11) is 0. The van der Waals surface area contributed by atoms with E-state index in [0.29, 0.717) is 0 Å². The van der Waals surface area contributed by atoms with Gasteiger partial charge in [0.1, 0.15) is 0 Å². The smallest absolute Gasteiger partial charge is 0 e. The molecule has 0 heterocycles. The van der Waals surface area contributed by atoms with E-state index >= 15 is 0 Å². The Balaban J connectivity index is 0. The summed E-state index contributed by atoms with van der Waals surface area (Å²) in [6.07, 6.45) is 0. The molecule has 0 aliphatic heterocycles. The molecular weight excluding hydrogens is 136 g/mol. The summed E-state index contributed by atoms with van der Waals surface area (Å²) in [6, 6.07) is 0. The van der Waals surface area contributed by atoms with Gasteiger partial charge in [0.05, 0.1) is 0 Å². The zero-order chi connectivity index (χ0) is 0. The van der Waals surface area contributed by atoms with E-state index < -0.39 is 0 Å². The molecule has 0 saturated carbocycles. The molecule has 0 fully saturated rings. The van der Waals surface area contributed by atoms with Crippen LogP contribution in [0.4, 0.5) is 0 Å². The van der Waals surface area contributed by atoms with Crippen LogP contribution in [0.2, 0.25) is 0 Å². The molecule has 0 spiro atoms. The molecule has 0 saturated heterocycles. The molecule has 0 aliphatic rings. The zero-order valence-electron chi connectivity index (χ0n) is 3.09. The Labute approximate surface area is 55.1 Å². The molecular formula is CrN6. The monoisotopic (exact) mass is 136 g/mol. The molecule has 6 nitrogen and oxygen atoms in total. The summed E-state index contributed by atoms with van der Waals surface area (Å²) in [5.41, 5.74) is 0. The number of rotatable bonds is 0. The minimum atomic E-state index is 0. The van der Waals surface area contributed by atoms with E-state index in [1.807, 2.05) is 0 Å². The first-order chi connectivity index (χ1) is 0. The molecule has 0 bridgehead atoms. The first-order valence-electron chi connectivity index (χ1n) is 0. The van der Waals surface area contributed by atoms with Crippen LogP contribution in [0.3, 0.4) is 0 Å². The summed E-state index contributed by atoms with van der Waals surface area (Å²) in [5.74, 6) is 0. The Morgan fingerprint density at radius 2 is 0.286 bits per heavy atom. The molecule has 0 N–H and O–H groups in total. The summed E-state index contributed by atoms with van der Waals surface area (Å²) in [4.78, 5) is 0. The fourth-order valence-corrected chi connectivity index (χ4v) is 0. The Hall–Kier alpha value is 0.292. The van der Waals surface area contributed by atoms with Gasteiger partial charge in [-0.25, -0.2) is 0 Å². The summed E-state index contributed by atoms with van der Waals surface area (Å²) in [6.45, 7) is 0. The van der Waals surface area contributed by atoms with Crippen molar-refractivity contribution in [3.8, 4) is 0 Å². The van der Waals surface area contributed by atoms with Crippen LogP contribution in [0.1, 0.15) is 0 Å². The SMILES string of the molecule is [Cr].[N].[N].[N].[N].[N].[N]. The van der Waals surface area contributed by atoms with Crippen LogP contribution in [0, 0.1) is 0 Å². The summed E-state index contributed by atoms with van der Waals surface area (Å²) >= 11 is 0. The van der Waals surface area contributed by atoms with Crippen LogP contribution >= 0.6 is 0 Å². The van der Waals surface area contributed by atoms with Crippen LogP contribution in [0.25, 0.3) is 0 Å². The molecule has 0 aliphatic carbocycles. The average Bonchev–Trinajstić information content (AvgIpc) is 0. The Bertz CT molecular complexity index is 4.14. The second-order valence-electron chi connectivity index (χ2n) is 0. The van der Waals surface area contributed by atoms with Crippen LogP contribution in [-0.2, 0) is 17.4 Å². The fourth-order valence-electron chi connectivity index (χ4n) is 0. The van der Waals surface area contributed by atoms with Gasteiger partial charge in [0.25, 0.3) is 0 Å². The third kappa shape index (κ3) is 1360. The quantitative estimate of drug-likeness (QED) is 0.331. The van der Waals surface area contributed by atoms with Crippen molar-refractivity contribution in [3.63, 3.8) is 0 Å². The average molecular weight is 136 g/mol. The van der Waals surface area contributed by atoms with Gasteiger partial charge >= 0.3 is 0 Å². The Morgan fingerprint density at radius 3 is 0.286 bits per heavy atom. The Morgan fingerprint density at radius 1 is 0.286 bits per heavy atom. The van der Waals surface area contributed by atoms with Gasteiger partial charge in [-0.05, 0) is 0 Å². The number of nitrogens with zero attached hydrogens (tertiary/aromatic N) is 6. The molecule has 7 heteroatoms. The van der Waals surface area contributed by atoms with Crippen LogP contribution in [0.5, 0.6) is 0 Å². The van der Waals surface area contributed by atoms with E-state index in [1.54, 1.807) is 0 Å². The molecule has 36 valence electrons. The summed E-state index contributed by atoms with van der Waals surface area (Å²) < 4.78 is 0. The molecule has 0 aromatic rings. The maximum atomic E-state index is 0. The maximum Gasteiger partial charge on any atom is 0 e. The fraction of sp³-hybridized carbons (Fsp3) is 0. The first-order valence-corrected chi connectivity index (χ1v) is 0. The van der Waals surface area contributed by atoms with Crippen molar-refractivity contribution in [1.29, 1.82) is 0 Å². The van der Waals surface area contributed by atoms with E-state index in [-0.39, 0.29) is 54.3 Å². The van der Waals surface area contributed by atoms with Gasteiger partial charge in [-0.2, -0.15) is 0 Å². The molecule has 0 amide bonds. The van der Waals surface area contributed by atoms with E-state index in [9.17, 15) is 0 Å². The van der Waals surface area contributed by atoms with Gasteiger partial charge in [0.2, 0.25) is 0 Å². The molecule has 0 atom stereocenters. The maximum absolute atomic E-state index is 0. The minimum Gasteiger partial charge on any atom is 0 e. The van der Waals surface area contributed by atoms with Gasteiger partial charge in [0, 0.05) is 54.3 Å². The van der Waals surface area contributed by atoms with Crippen molar-refractivity contribution < 1.29 is 17.4 Å². The largest absolute Gasteiger partial charge is 0 e. The number of hydrogen-bond donors (Lipinski definition) is 0. The molecule has 0 unspecified atom stereocenters. The third-order valence-corrected chi connectivity index (χ3v) is 0.